The van der Waals surface area contributed by atoms with Gasteiger partial charge in [0.15, 0.2) is 0 Å². The van der Waals surface area contributed by atoms with Gasteiger partial charge in [-0.15, -0.1) is 5.10 Å². The molecule has 0 fully saturated rings. The number of rotatable bonds is 6. The van der Waals surface area contributed by atoms with Crippen molar-refractivity contribution in [3.63, 3.8) is 0 Å². The van der Waals surface area contributed by atoms with E-state index in [1.807, 2.05) is 0 Å². The lowest BCUT2D eigenvalue weighted by molar-refractivity contribution is -0.116. The molecule has 2 amide bonds. The van der Waals surface area contributed by atoms with Gasteiger partial charge in [0.25, 0.3) is 5.56 Å². The van der Waals surface area contributed by atoms with E-state index in [1.54, 1.807) is 33.8 Å². The first-order chi connectivity index (χ1) is 19.2. The van der Waals surface area contributed by atoms with Gasteiger partial charge in [0.1, 0.15) is 17.0 Å². The maximum atomic E-state index is 13.5. The Balaban J connectivity index is 1.67. The van der Waals surface area contributed by atoms with Crippen LogP contribution >= 0.6 is 26.2 Å². The summed E-state index contributed by atoms with van der Waals surface area (Å²) < 4.78 is 73.2. The average molecular weight is 683 g/mol. The van der Waals surface area contributed by atoms with Crippen molar-refractivity contribution in [3.05, 3.63) is 56.7 Å². The van der Waals surface area contributed by atoms with E-state index in [1.165, 1.54) is 9.47 Å². The average Bonchev–Trinajstić information content (AvgIpc) is 3.25. The smallest absolute Gasteiger partial charge is 0.410 e. The van der Waals surface area contributed by atoms with E-state index in [4.69, 9.17) is 4.74 Å². The van der Waals surface area contributed by atoms with Crippen LogP contribution in [0.3, 0.4) is 0 Å². The number of nitrogens with zero attached hydrogens (tertiary/aromatic N) is 5. The van der Waals surface area contributed by atoms with Gasteiger partial charge in [0.2, 0.25) is 16.4 Å². The van der Waals surface area contributed by atoms with Crippen molar-refractivity contribution in [2.24, 2.45) is 0 Å². The fraction of sp³-hybridized carbons (Fsp3) is 0.400. The molecule has 42 heavy (non-hydrogen) atoms. The lowest BCUT2D eigenvalue weighted by Crippen LogP contribution is -2.39. The van der Waals surface area contributed by atoms with Crippen molar-refractivity contribution in [1.29, 1.82) is 0 Å². The monoisotopic (exact) mass is 682 g/mol. The summed E-state index contributed by atoms with van der Waals surface area (Å²) in [5.74, 6) is -0.681. The quantitative estimate of drug-likeness (QED) is 0.296. The van der Waals surface area contributed by atoms with Gasteiger partial charge in [-0.1, -0.05) is 32.4 Å². The molecule has 17 heteroatoms. The summed E-state index contributed by atoms with van der Waals surface area (Å²) in [6.45, 7) is 7.06. The Kier molecular flexibility index (Phi) is 7.54. The van der Waals surface area contributed by atoms with Crippen molar-refractivity contribution >= 4 is 55.2 Å². The van der Waals surface area contributed by atoms with Crippen molar-refractivity contribution in [3.8, 4) is 0 Å². The van der Waals surface area contributed by atoms with Gasteiger partial charge in [-0.05, 0) is 79.4 Å². The Morgan fingerprint density at radius 3 is 2.29 bits per heavy atom. The summed E-state index contributed by atoms with van der Waals surface area (Å²) in [5, 5.41) is 6.48. The summed E-state index contributed by atoms with van der Waals surface area (Å²) in [6, 6.07) is 1.87. The van der Waals surface area contributed by atoms with Gasteiger partial charge in [-0.2, -0.15) is 9.50 Å². The van der Waals surface area contributed by atoms with Crippen molar-refractivity contribution < 1.29 is 33.8 Å². The second-order valence-electron chi connectivity index (χ2n) is 10.6. The van der Waals surface area contributed by atoms with Gasteiger partial charge in [0, 0.05) is 24.5 Å². The lowest BCUT2D eigenvalue weighted by Gasteiger charge is -2.40. The number of hydrogen-bond donors (Lipinski definition) is 1. The van der Waals surface area contributed by atoms with Crippen LogP contribution in [-0.2, 0) is 22.5 Å². The second kappa shape index (κ2) is 10.1. The Morgan fingerprint density at radius 1 is 1.12 bits per heavy atom. The molecule has 2 aromatic heterocycles. The largest absolute Gasteiger partial charge is 0.444 e. The molecule has 0 unspecified atom stereocenters. The summed E-state index contributed by atoms with van der Waals surface area (Å²) in [5.41, 5.74) is 0.0465. The number of hydrogen-bond acceptors (Lipinski definition) is 6. The number of aromatic nitrogens is 4. The molecule has 0 spiro atoms. The van der Waals surface area contributed by atoms with Crippen LogP contribution in [0.5, 0.6) is 0 Å². The first-order valence-electron chi connectivity index (χ1n) is 12.7. The fourth-order valence-electron chi connectivity index (χ4n) is 4.46. The molecule has 1 aliphatic rings. The number of fused-ring (bicyclic) bond motifs is 1. The van der Waals surface area contributed by atoms with Crippen LogP contribution in [-0.4, -0.2) is 54.8 Å². The van der Waals surface area contributed by atoms with Gasteiger partial charge in [-0.25, -0.2) is 4.79 Å². The Bertz CT molecular complexity index is 1670. The van der Waals surface area contributed by atoms with Crippen LogP contribution in [0.15, 0.2) is 44.8 Å². The highest BCUT2D eigenvalue weighted by molar-refractivity contribution is 9.10. The Hall–Kier alpha value is -3.47. The number of nitrogens with one attached hydrogen (secondary N) is 1. The predicted molar refractivity (Wildman–Crippen MR) is 151 cm³/mol. The summed E-state index contributed by atoms with van der Waals surface area (Å²) >= 11 is 3.14. The second-order valence-corrected chi connectivity index (χ2v) is 13.7. The number of ether oxygens (including phenoxy) is 1. The van der Waals surface area contributed by atoms with E-state index in [9.17, 15) is 33.8 Å². The van der Waals surface area contributed by atoms with Crippen molar-refractivity contribution in [1.82, 2.24) is 24.1 Å². The van der Waals surface area contributed by atoms with Crippen LogP contribution in [0.1, 0.15) is 45.4 Å². The highest BCUT2D eigenvalue weighted by atomic mass is 79.9. The zero-order valence-corrected chi connectivity index (χ0v) is 25.4. The molecule has 1 N–H and O–H groups in total. The van der Waals surface area contributed by atoms with Crippen LogP contribution in [0.2, 0.25) is 0 Å². The third kappa shape index (κ3) is 6.94. The maximum absolute atomic E-state index is 13.5. The summed E-state index contributed by atoms with van der Waals surface area (Å²) in [4.78, 5) is 42.7. The van der Waals surface area contributed by atoms with Crippen LogP contribution in [0.4, 0.5) is 29.9 Å². The molecule has 1 aliphatic heterocycles. The Morgan fingerprint density at radius 2 is 1.76 bits per heavy atom. The summed E-state index contributed by atoms with van der Waals surface area (Å²) in [7, 11) is -9.86. The molecule has 0 atom stereocenters. The third-order valence-electron chi connectivity index (χ3n) is 6.23. The zero-order valence-electron chi connectivity index (χ0n) is 23.0. The normalized spacial score (nSPS) is 16.0. The maximum Gasteiger partial charge on any atom is 0.410 e. The van der Waals surface area contributed by atoms with E-state index in [2.05, 4.69) is 31.3 Å². The molecule has 4 rings (SSSR count). The first kappa shape index (κ1) is 31.5. The molecule has 3 heterocycles. The van der Waals surface area contributed by atoms with Gasteiger partial charge >= 0.3 is 16.3 Å². The Labute approximate surface area is 245 Å². The molecule has 3 aromatic rings. The SMILES string of the molecule is CCc1c(C2=CCN(C(=O)OC(C)(C)C)CC2)c(=O)n2nc(Br)nc2n1CC(=O)Nc1ccc(S(F)(F)(F)(F)F)cc1. The van der Waals surface area contributed by atoms with Gasteiger partial charge in [0.05, 0.1) is 5.56 Å². The highest BCUT2D eigenvalue weighted by Gasteiger charge is 2.65. The molecule has 0 saturated heterocycles. The van der Waals surface area contributed by atoms with Gasteiger partial charge < -0.3 is 19.5 Å². The third-order valence-corrected chi connectivity index (χ3v) is 7.73. The molecule has 0 radical (unpaired) electrons. The van der Waals surface area contributed by atoms with Crippen LogP contribution in [0, 0.1) is 0 Å². The zero-order chi connectivity index (χ0) is 31.3. The van der Waals surface area contributed by atoms with Gasteiger partial charge in [-0.3, -0.25) is 9.59 Å². The number of halogens is 6. The topological polar surface area (TPSA) is 111 Å². The standard InChI is InChI=1S/C25H28BrF5N6O4S/c1-5-18-20(15-10-12-35(13-11-15)24(40)41-25(2,3)4)21(39)37-23(33-22(26)34-37)36(18)14-19(38)32-16-6-8-17(9-7-16)42(27,28,29,30)31/h6-10H,5,11-14H2,1-4H3,(H,32,38). The number of benzene rings is 1. The first-order valence-corrected chi connectivity index (χ1v) is 15.4. The minimum atomic E-state index is -9.86. The van der Waals surface area contributed by atoms with Crippen LogP contribution in [0.25, 0.3) is 11.4 Å². The number of carbonyl (C=O) groups is 2. The molecular formula is C25H28BrF5N6O4S. The van der Waals surface area contributed by atoms with Crippen molar-refractivity contribution in [2.75, 3.05) is 18.4 Å². The molecule has 10 nitrogen and oxygen atoms in total. The summed E-state index contributed by atoms with van der Waals surface area (Å²) in [6.07, 6.45) is 1.83. The molecule has 0 bridgehead atoms. The molecular weight excluding hydrogens is 655 g/mol. The lowest BCUT2D eigenvalue weighted by atomic mass is 9.97. The van der Waals surface area contributed by atoms with Crippen molar-refractivity contribution in [2.45, 2.75) is 57.6 Å². The fourth-order valence-corrected chi connectivity index (χ4v) is 5.43. The molecule has 1 aromatic carbocycles. The molecule has 230 valence electrons. The molecule has 0 saturated carbocycles. The molecule has 0 aliphatic carbocycles. The van der Waals surface area contributed by atoms with E-state index >= 15 is 0 Å². The predicted octanol–water partition coefficient (Wildman–Crippen LogP) is 6.54. The van der Waals surface area contributed by atoms with E-state index < -0.39 is 44.8 Å². The van der Waals surface area contributed by atoms with Crippen LogP contribution < -0.4 is 10.9 Å². The van der Waals surface area contributed by atoms with E-state index in [0.717, 1.165) is 16.6 Å². The number of carbonyl (C=O) groups excluding carboxylic acids is 2. The minimum Gasteiger partial charge on any atom is -0.444 e. The number of anilines is 1. The number of amides is 2. The minimum absolute atomic E-state index is 0.0330. The van der Waals surface area contributed by atoms with E-state index in [-0.39, 0.29) is 53.4 Å². The highest BCUT2D eigenvalue weighted by Crippen LogP contribution is 3.02. The van der Waals surface area contributed by atoms with E-state index in [0.29, 0.717) is 17.7 Å².